The minimum absolute atomic E-state index is 0.353. The molecule has 0 aromatic heterocycles. The van der Waals surface area contributed by atoms with Crippen LogP contribution in [-0.2, 0) is 19.5 Å². The summed E-state index contributed by atoms with van der Waals surface area (Å²) >= 11 is 0. The van der Waals surface area contributed by atoms with Gasteiger partial charge < -0.3 is 5.32 Å². The number of hydrogen-bond acceptors (Lipinski definition) is 2. The SMILES string of the molecule is CCCCCc1ccc(CNC(c2ccc(-c3ccccc3)cc2)C2CCCN(Cc3ccccc3)CC2)cc1. The average molecular weight is 531 g/mol. The molecule has 0 amide bonds. The van der Waals surface area contributed by atoms with E-state index in [4.69, 9.17) is 0 Å². The highest BCUT2D eigenvalue weighted by molar-refractivity contribution is 5.63. The first-order chi connectivity index (χ1) is 19.8. The largest absolute Gasteiger partial charge is 0.306 e. The number of nitrogens with zero attached hydrogens (tertiary/aromatic N) is 1. The maximum absolute atomic E-state index is 4.03. The predicted molar refractivity (Wildman–Crippen MR) is 170 cm³/mol. The summed E-state index contributed by atoms with van der Waals surface area (Å²) in [6.45, 7) is 6.58. The Balaban J connectivity index is 1.28. The molecule has 0 radical (unpaired) electrons. The van der Waals surface area contributed by atoms with Crippen molar-refractivity contribution in [3.8, 4) is 11.1 Å². The van der Waals surface area contributed by atoms with Crippen molar-refractivity contribution in [2.24, 2.45) is 5.92 Å². The van der Waals surface area contributed by atoms with E-state index < -0.39 is 0 Å². The van der Waals surface area contributed by atoms with Gasteiger partial charge in [0.05, 0.1) is 0 Å². The maximum Gasteiger partial charge on any atom is 0.0352 e. The van der Waals surface area contributed by atoms with Crippen molar-refractivity contribution in [3.63, 3.8) is 0 Å². The maximum atomic E-state index is 4.03. The quantitative estimate of drug-likeness (QED) is 0.184. The van der Waals surface area contributed by atoms with Gasteiger partial charge in [-0.1, -0.05) is 129 Å². The molecule has 4 aromatic carbocycles. The van der Waals surface area contributed by atoms with Gasteiger partial charge in [0, 0.05) is 19.1 Å². The lowest BCUT2D eigenvalue weighted by molar-refractivity contribution is 0.263. The van der Waals surface area contributed by atoms with Crippen LogP contribution in [0.15, 0.2) is 109 Å². The lowest BCUT2D eigenvalue weighted by Crippen LogP contribution is -2.29. The molecule has 2 nitrogen and oxygen atoms in total. The van der Waals surface area contributed by atoms with Gasteiger partial charge in [-0.05, 0) is 84.5 Å². The zero-order valence-corrected chi connectivity index (χ0v) is 24.3. The van der Waals surface area contributed by atoms with Gasteiger partial charge in [-0.15, -0.1) is 0 Å². The molecule has 5 rings (SSSR count). The Morgan fingerprint density at radius 3 is 2.08 bits per heavy atom. The molecule has 1 N–H and O–H groups in total. The van der Waals surface area contributed by atoms with E-state index in [0.29, 0.717) is 12.0 Å². The number of rotatable bonds is 12. The third-order valence-corrected chi connectivity index (χ3v) is 8.58. The van der Waals surface area contributed by atoms with Crippen molar-refractivity contribution in [3.05, 3.63) is 131 Å². The Hall–Kier alpha value is -3.20. The lowest BCUT2D eigenvalue weighted by atomic mass is 9.86. The van der Waals surface area contributed by atoms with Gasteiger partial charge in [0.25, 0.3) is 0 Å². The molecule has 0 spiro atoms. The van der Waals surface area contributed by atoms with Gasteiger partial charge in [0.2, 0.25) is 0 Å². The fraction of sp³-hybridized carbons (Fsp3) is 0.368. The van der Waals surface area contributed by atoms with Gasteiger partial charge in [-0.3, -0.25) is 4.90 Å². The van der Waals surface area contributed by atoms with E-state index >= 15 is 0 Å². The third-order valence-electron chi connectivity index (χ3n) is 8.58. The number of aryl methyl sites for hydroxylation is 1. The van der Waals surface area contributed by atoms with E-state index in [1.807, 2.05) is 0 Å². The topological polar surface area (TPSA) is 15.3 Å². The van der Waals surface area contributed by atoms with Crippen LogP contribution in [0.2, 0.25) is 0 Å². The molecule has 2 heteroatoms. The molecular formula is C38H46N2. The summed E-state index contributed by atoms with van der Waals surface area (Å²) in [5.41, 5.74) is 8.25. The molecule has 4 aromatic rings. The van der Waals surface area contributed by atoms with Gasteiger partial charge in [0.15, 0.2) is 0 Å². The van der Waals surface area contributed by atoms with Crippen molar-refractivity contribution in [2.45, 2.75) is 71.0 Å². The van der Waals surface area contributed by atoms with E-state index in [0.717, 1.165) is 19.6 Å². The first kappa shape index (κ1) is 28.3. The predicted octanol–water partition coefficient (Wildman–Crippen LogP) is 9.22. The van der Waals surface area contributed by atoms with Crippen LogP contribution in [0.3, 0.4) is 0 Å². The van der Waals surface area contributed by atoms with Crippen molar-refractivity contribution in [2.75, 3.05) is 13.1 Å². The minimum Gasteiger partial charge on any atom is -0.306 e. The van der Waals surface area contributed by atoms with E-state index in [1.54, 1.807) is 0 Å². The van der Waals surface area contributed by atoms with Crippen molar-refractivity contribution in [1.82, 2.24) is 10.2 Å². The van der Waals surface area contributed by atoms with Crippen molar-refractivity contribution in [1.29, 1.82) is 0 Å². The molecule has 1 fully saturated rings. The van der Waals surface area contributed by atoms with Crippen LogP contribution in [0.4, 0.5) is 0 Å². The highest BCUT2D eigenvalue weighted by atomic mass is 15.1. The lowest BCUT2D eigenvalue weighted by Gasteiger charge is -2.28. The van der Waals surface area contributed by atoms with Crippen LogP contribution in [0.5, 0.6) is 0 Å². The Morgan fingerprint density at radius 1 is 0.675 bits per heavy atom. The van der Waals surface area contributed by atoms with E-state index in [9.17, 15) is 0 Å². The molecule has 208 valence electrons. The number of hydrogen-bond donors (Lipinski definition) is 1. The summed E-state index contributed by atoms with van der Waals surface area (Å²) < 4.78 is 0. The normalized spacial score (nSPS) is 16.9. The second-order valence-electron chi connectivity index (χ2n) is 11.6. The molecule has 1 aliphatic rings. The number of benzene rings is 4. The second kappa shape index (κ2) is 15.0. The molecule has 40 heavy (non-hydrogen) atoms. The van der Waals surface area contributed by atoms with Gasteiger partial charge in [0.1, 0.15) is 0 Å². The van der Waals surface area contributed by atoms with Crippen molar-refractivity contribution >= 4 is 0 Å². The standard InChI is InChI=1S/C38H46N2/c1-2-3-6-12-31-18-20-32(21-19-31)29-39-38(37-24-22-35(23-25-37)34-15-9-5-10-16-34)36-17-11-27-40(28-26-36)30-33-13-7-4-8-14-33/h4-5,7-10,13-16,18-25,36,38-39H,2-3,6,11-12,17,26-30H2,1H3. The highest BCUT2D eigenvalue weighted by Crippen LogP contribution is 2.33. The summed E-state index contributed by atoms with van der Waals surface area (Å²) in [4.78, 5) is 2.65. The number of likely N-dealkylation sites (tertiary alicyclic amines) is 1. The monoisotopic (exact) mass is 530 g/mol. The molecule has 2 atom stereocenters. The summed E-state index contributed by atoms with van der Waals surface area (Å²) in [5.74, 6) is 0.622. The van der Waals surface area contributed by atoms with Crippen LogP contribution in [0.25, 0.3) is 11.1 Å². The molecule has 0 aliphatic carbocycles. The number of unbranched alkanes of at least 4 members (excludes halogenated alkanes) is 2. The fourth-order valence-electron chi connectivity index (χ4n) is 6.22. The third kappa shape index (κ3) is 8.16. The fourth-order valence-corrected chi connectivity index (χ4v) is 6.22. The molecule has 1 aliphatic heterocycles. The van der Waals surface area contributed by atoms with Crippen LogP contribution in [-0.4, -0.2) is 18.0 Å². The van der Waals surface area contributed by atoms with Gasteiger partial charge >= 0.3 is 0 Å². The van der Waals surface area contributed by atoms with E-state index in [1.165, 1.54) is 84.9 Å². The average Bonchev–Trinajstić information content (AvgIpc) is 3.25. The first-order valence-corrected chi connectivity index (χ1v) is 15.5. The van der Waals surface area contributed by atoms with Gasteiger partial charge in [-0.25, -0.2) is 0 Å². The van der Waals surface area contributed by atoms with Crippen LogP contribution in [0.1, 0.15) is 73.7 Å². The van der Waals surface area contributed by atoms with E-state index in [-0.39, 0.29) is 0 Å². The van der Waals surface area contributed by atoms with Crippen LogP contribution >= 0.6 is 0 Å². The highest BCUT2D eigenvalue weighted by Gasteiger charge is 2.26. The first-order valence-electron chi connectivity index (χ1n) is 15.5. The van der Waals surface area contributed by atoms with Crippen LogP contribution in [0, 0.1) is 5.92 Å². The molecular weight excluding hydrogens is 484 g/mol. The molecule has 0 saturated carbocycles. The summed E-state index contributed by atoms with van der Waals surface area (Å²) in [6, 6.07) is 40.7. The molecule has 2 unspecified atom stereocenters. The zero-order chi connectivity index (χ0) is 27.4. The Bertz CT molecular complexity index is 1250. The molecule has 1 heterocycles. The summed E-state index contributed by atoms with van der Waals surface area (Å²) in [5, 5.41) is 4.03. The smallest absolute Gasteiger partial charge is 0.0352 e. The van der Waals surface area contributed by atoms with Crippen LogP contribution < -0.4 is 5.32 Å². The van der Waals surface area contributed by atoms with E-state index in [2.05, 4.69) is 126 Å². The number of nitrogens with one attached hydrogen (secondary N) is 1. The van der Waals surface area contributed by atoms with Gasteiger partial charge in [-0.2, -0.15) is 0 Å². The molecule has 1 saturated heterocycles. The van der Waals surface area contributed by atoms with Crippen molar-refractivity contribution < 1.29 is 0 Å². The Labute approximate surface area is 242 Å². The Morgan fingerprint density at radius 2 is 1.35 bits per heavy atom. The molecule has 0 bridgehead atoms. The Kier molecular flexibility index (Phi) is 10.6. The minimum atomic E-state index is 0.353. The second-order valence-corrected chi connectivity index (χ2v) is 11.6. The summed E-state index contributed by atoms with van der Waals surface area (Å²) in [7, 11) is 0. The summed E-state index contributed by atoms with van der Waals surface area (Å²) in [6.07, 6.45) is 8.82. The zero-order valence-electron chi connectivity index (χ0n) is 24.3.